The fourth-order valence-corrected chi connectivity index (χ4v) is 2.00. The molecular formula is C16H26N2O. The van der Waals surface area contributed by atoms with Crippen molar-refractivity contribution in [2.45, 2.75) is 39.5 Å². The van der Waals surface area contributed by atoms with Crippen molar-refractivity contribution in [2.24, 2.45) is 5.92 Å². The van der Waals surface area contributed by atoms with Crippen molar-refractivity contribution < 1.29 is 4.79 Å². The average Bonchev–Trinajstić information content (AvgIpc) is 2.41. The van der Waals surface area contributed by atoms with E-state index in [1.807, 2.05) is 26.1 Å². The van der Waals surface area contributed by atoms with Gasteiger partial charge in [0, 0.05) is 18.2 Å². The second kappa shape index (κ2) is 8.70. The number of carbonyl (C=O) groups is 1. The Bertz CT molecular complexity index is 373. The van der Waals surface area contributed by atoms with Crippen LogP contribution in [0.3, 0.4) is 0 Å². The first kappa shape index (κ1) is 15.7. The van der Waals surface area contributed by atoms with Gasteiger partial charge >= 0.3 is 0 Å². The van der Waals surface area contributed by atoms with Gasteiger partial charge in [0.25, 0.3) is 0 Å². The molecule has 3 nitrogen and oxygen atoms in total. The Labute approximate surface area is 116 Å². The second-order valence-corrected chi connectivity index (χ2v) is 5.10. The number of hydrogen-bond donors (Lipinski definition) is 2. The quantitative estimate of drug-likeness (QED) is 0.706. The van der Waals surface area contributed by atoms with Crippen LogP contribution in [-0.4, -0.2) is 19.5 Å². The molecule has 0 radical (unpaired) electrons. The zero-order chi connectivity index (χ0) is 14.1. The van der Waals surface area contributed by atoms with E-state index in [1.54, 1.807) is 0 Å². The third-order valence-corrected chi connectivity index (χ3v) is 3.25. The lowest BCUT2D eigenvalue weighted by molar-refractivity contribution is -0.119. The molecule has 19 heavy (non-hydrogen) atoms. The van der Waals surface area contributed by atoms with Gasteiger partial charge in [0.2, 0.25) is 5.91 Å². The van der Waals surface area contributed by atoms with Crippen molar-refractivity contribution in [2.75, 3.05) is 18.9 Å². The number of amides is 1. The van der Waals surface area contributed by atoms with E-state index in [-0.39, 0.29) is 11.8 Å². The van der Waals surface area contributed by atoms with Crippen LogP contribution < -0.4 is 10.6 Å². The first-order valence-electron chi connectivity index (χ1n) is 7.21. The summed E-state index contributed by atoms with van der Waals surface area (Å²) in [5.74, 6) is 0.0438. The van der Waals surface area contributed by atoms with Gasteiger partial charge in [-0.25, -0.2) is 0 Å². The topological polar surface area (TPSA) is 41.1 Å². The van der Waals surface area contributed by atoms with Crippen LogP contribution in [0.25, 0.3) is 0 Å². The number of rotatable bonds is 8. The van der Waals surface area contributed by atoms with Crippen molar-refractivity contribution in [3.8, 4) is 0 Å². The van der Waals surface area contributed by atoms with Crippen LogP contribution in [0.5, 0.6) is 0 Å². The normalized spacial score (nSPS) is 12.2. The van der Waals surface area contributed by atoms with Gasteiger partial charge in [-0.05, 0) is 37.6 Å². The summed E-state index contributed by atoms with van der Waals surface area (Å²) >= 11 is 0. The molecule has 0 saturated carbocycles. The van der Waals surface area contributed by atoms with Crippen LogP contribution in [0.15, 0.2) is 24.3 Å². The lowest BCUT2D eigenvalue weighted by Gasteiger charge is -2.12. The molecule has 1 aromatic carbocycles. The van der Waals surface area contributed by atoms with Crippen LogP contribution in [0, 0.1) is 5.92 Å². The highest BCUT2D eigenvalue weighted by Crippen LogP contribution is 2.13. The van der Waals surface area contributed by atoms with Gasteiger partial charge in [0.05, 0.1) is 0 Å². The van der Waals surface area contributed by atoms with E-state index >= 15 is 0 Å². The van der Waals surface area contributed by atoms with E-state index in [1.165, 1.54) is 24.8 Å². The van der Waals surface area contributed by atoms with Crippen molar-refractivity contribution in [1.82, 2.24) is 5.32 Å². The molecule has 0 saturated heterocycles. The third-order valence-electron chi connectivity index (χ3n) is 3.25. The van der Waals surface area contributed by atoms with Gasteiger partial charge in [0.1, 0.15) is 0 Å². The molecule has 0 aliphatic rings. The molecule has 0 aliphatic heterocycles. The lowest BCUT2D eigenvalue weighted by Crippen LogP contribution is -2.28. The summed E-state index contributed by atoms with van der Waals surface area (Å²) in [6, 6.07) is 8.19. The molecule has 1 unspecified atom stereocenters. The van der Waals surface area contributed by atoms with Crippen molar-refractivity contribution in [3.63, 3.8) is 0 Å². The van der Waals surface area contributed by atoms with Gasteiger partial charge in [-0.3, -0.25) is 4.79 Å². The molecule has 2 N–H and O–H groups in total. The van der Waals surface area contributed by atoms with Crippen molar-refractivity contribution in [1.29, 1.82) is 0 Å². The van der Waals surface area contributed by atoms with Gasteiger partial charge in [-0.15, -0.1) is 0 Å². The van der Waals surface area contributed by atoms with E-state index < -0.39 is 0 Å². The number of hydrogen-bond acceptors (Lipinski definition) is 2. The number of unbranched alkanes of at least 4 members (excludes halogenated alkanes) is 2. The first-order chi connectivity index (χ1) is 9.17. The van der Waals surface area contributed by atoms with Crippen LogP contribution in [0.2, 0.25) is 0 Å². The molecule has 1 rings (SSSR count). The fourth-order valence-electron chi connectivity index (χ4n) is 2.00. The minimum Gasteiger partial charge on any atom is -0.326 e. The second-order valence-electron chi connectivity index (χ2n) is 5.10. The number of carbonyl (C=O) groups excluding carboxylic acids is 1. The maximum atomic E-state index is 11.8. The number of anilines is 1. The zero-order valence-electron chi connectivity index (χ0n) is 12.3. The fraction of sp³-hybridized carbons (Fsp3) is 0.562. The Morgan fingerprint density at radius 1 is 1.21 bits per heavy atom. The summed E-state index contributed by atoms with van der Waals surface area (Å²) in [4.78, 5) is 11.8. The van der Waals surface area contributed by atoms with Crippen molar-refractivity contribution in [3.05, 3.63) is 29.8 Å². The Morgan fingerprint density at radius 2 is 1.89 bits per heavy atom. The minimum atomic E-state index is -0.0192. The van der Waals surface area contributed by atoms with Gasteiger partial charge in [-0.2, -0.15) is 0 Å². The van der Waals surface area contributed by atoms with Gasteiger partial charge in [0.15, 0.2) is 0 Å². The van der Waals surface area contributed by atoms with Crippen molar-refractivity contribution >= 4 is 11.6 Å². The van der Waals surface area contributed by atoms with Gasteiger partial charge < -0.3 is 10.6 Å². The standard InChI is InChI=1S/C16H26N2O/c1-4-5-6-7-14-8-10-15(11-9-14)18-16(19)13(2)12-17-3/h8-11,13,17H,4-7,12H2,1-3H3,(H,18,19). The summed E-state index contributed by atoms with van der Waals surface area (Å²) in [7, 11) is 1.86. The molecule has 0 heterocycles. The summed E-state index contributed by atoms with van der Waals surface area (Å²) in [5, 5.41) is 5.95. The first-order valence-corrected chi connectivity index (χ1v) is 7.21. The number of aryl methyl sites for hydroxylation is 1. The average molecular weight is 262 g/mol. The monoisotopic (exact) mass is 262 g/mol. The molecular weight excluding hydrogens is 236 g/mol. The molecule has 0 fully saturated rings. The lowest BCUT2D eigenvalue weighted by atomic mass is 10.1. The Balaban J connectivity index is 2.45. The molecule has 0 aromatic heterocycles. The molecule has 0 aliphatic carbocycles. The summed E-state index contributed by atoms with van der Waals surface area (Å²) < 4.78 is 0. The van der Waals surface area contributed by atoms with Crippen LogP contribution in [0.1, 0.15) is 38.7 Å². The maximum Gasteiger partial charge on any atom is 0.228 e. The molecule has 1 amide bonds. The highest BCUT2D eigenvalue weighted by atomic mass is 16.1. The van der Waals surface area contributed by atoms with Crippen LogP contribution in [0.4, 0.5) is 5.69 Å². The Hall–Kier alpha value is -1.35. The Morgan fingerprint density at radius 3 is 2.47 bits per heavy atom. The molecule has 1 aromatic rings. The molecule has 106 valence electrons. The third kappa shape index (κ3) is 5.88. The summed E-state index contributed by atoms with van der Waals surface area (Å²) in [5.41, 5.74) is 2.22. The van der Waals surface area contributed by atoms with E-state index in [0.717, 1.165) is 12.1 Å². The van der Waals surface area contributed by atoms with Gasteiger partial charge in [-0.1, -0.05) is 38.8 Å². The molecule has 0 spiro atoms. The largest absolute Gasteiger partial charge is 0.326 e. The summed E-state index contributed by atoms with van der Waals surface area (Å²) in [6.07, 6.45) is 4.89. The zero-order valence-corrected chi connectivity index (χ0v) is 12.3. The maximum absolute atomic E-state index is 11.8. The smallest absolute Gasteiger partial charge is 0.228 e. The van der Waals surface area contributed by atoms with Crippen LogP contribution >= 0.6 is 0 Å². The minimum absolute atomic E-state index is 0.0192. The van der Waals surface area contributed by atoms with E-state index in [0.29, 0.717) is 6.54 Å². The molecule has 1 atom stereocenters. The molecule has 3 heteroatoms. The van der Waals surface area contributed by atoms with E-state index in [2.05, 4.69) is 29.7 Å². The predicted octanol–water partition coefficient (Wildman–Crippen LogP) is 3.21. The Kier molecular flexibility index (Phi) is 7.19. The highest BCUT2D eigenvalue weighted by Gasteiger charge is 2.11. The van der Waals surface area contributed by atoms with Crippen LogP contribution in [-0.2, 0) is 11.2 Å². The number of nitrogens with one attached hydrogen (secondary N) is 2. The SMILES string of the molecule is CCCCCc1ccc(NC(=O)C(C)CNC)cc1. The van der Waals surface area contributed by atoms with E-state index in [4.69, 9.17) is 0 Å². The highest BCUT2D eigenvalue weighted by molar-refractivity contribution is 5.92. The summed E-state index contributed by atoms with van der Waals surface area (Å²) in [6.45, 7) is 4.83. The predicted molar refractivity (Wildman–Crippen MR) is 81.4 cm³/mol. The molecule has 0 bridgehead atoms. The van der Waals surface area contributed by atoms with E-state index in [9.17, 15) is 4.79 Å². The number of benzene rings is 1.